The molecule has 5 N–H and O–H groups in total. The Hall–Kier alpha value is 0.0900. The minimum absolute atomic E-state index is 0.365. The van der Waals surface area contributed by atoms with Crippen LogP contribution in [0, 0.1) is 0 Å². The fourth-order valence-corrected chi connectivity index (χ4v) is 0.0577. The Morgan fingerprint density at radius 3 is 1.33 bits per heavy atom. The van der Waals surface area contributed by atoms with Gasteiger partial charge in [0.2, 0.25) is 0 Å². The van der Waals surface area contributed by atoms with Gasteiger partial charge in [0.25, 0.3) is 0 Å². The molecular weight excluding hydrogens is 188 g/mol. The summed E-state index contributed by atoms with van der Waals surface area (Å²) in [5.74, 6) is 0. The lowest BCUT2D eigenvalue weighted by Gasteiger charge is -2.01. The van der Waals surface area contributed by atoms with Crippen LogP contribution >= 0.6 is 11.6 Å². The molecule has 0 radical (unpaired) electrons. The van der Waals surface area contributed by atoms with Crippen LogP contribution in [0.15, 0.2) is 0 Å². The van der Waals surface area contributed by atoms with Crippen LogP contribution in [0.1, 0.15) is 6.92 Å². The average Bonchev–Trinajstić information content (AvgIpc) is 2.04. The highest BCUT2D eigenvalue weighted by Gasteiger charge is 2.02. The molecule has 0 bridgehead atoms. The van der Waals surface area contributed by atoms with E-state index >= 15 is 0 Å². The summed E-state index contributed by atoms with van der Waals surface area (Å²) in [6, 6.07) is 0. The van der Waals surface area contributed by atoms with Crippen LogP contribution in [0.2, 0.25) is 0 Å². The number of aliphatic hydroxyl groups is 5. The molecule has 0 saturated carbocycles. The first-order chi connectivity index (χ1) is 5.45. The van der Waals surface area contributed by atoms with Gasteiger partial charge in [-0.2, -0.15) is 0 Å². The molecule has 6 heteroatoms. The predicted octanol–water partition coefficient (Wildman–Crippen LogP) is -1.74. The van der Waals surface area contributed by atoms with E-state index in [1.54, 1.807) is 0 Å². The van der Waals surface area contributed by atoms with Crippen LogP contribution in [-0.4, -0.2) is 56.5 Å². The van der Waals surface area contributed by atoms with Gasteiger partial charge in [-0.05, 0) is 6.92 Å². The average molecular weight is 203 g/mol. The van der Waals surface area contributed by atoms with E-state index in [0.717, 1.165) is 0 Å². The van der Waals surface area contributed by atoms with Gasteiger partial charge in [-0.25, -0.2) is 0 Å². The van der Waals surface area contributed by atoms with Gasteiger partial charge in [-0.3, -0.25) is 0 Å². The third-order valence-corrected chi connectivity index (χ3v) is 1.18. The second kappa shape index (κ2) is 9.18. The van der Waals surface area contributed by atoms with Crippen molar-refractivity contribution in [3.63, 3.8) is 0 Å². The minimum Gasteiger partial charge on any atom is -0.394 e. The third kappa shape index (κ3) is 12.7. The van der Waals surface area contributed by atoms with Crippen LogP contribution in [0.25, 0.3) is 0 Å². The predicted molar refractivity (Wildman–Crippen MR) is 43.7 cm³/mol. The fraction of sp³-hybridized carbons (Fsp3) is 1.00. The maximum Gasteiger partial charge on any atom is 0.153 e. The molecule has 0 fully saturated rings. The van der Waals surface area contributed by atoms with Crippen LogP contribution in [0.5, 0.6) is 0 Å². The Labute approximate surface area is 75.8 Å². The number of rotatable bonds is 3. The highest BCUT2D eigenvalue weighted by atomic mass is 35.5. The van der Waals surface area contributed by atoms with Crippen molar-refractivity contribution in [3.8, 4) is 0 Å². The highest BCUT2D eigenvalue weighted by molar-refractivity contribution is 6.19. The lowest BCUT2D eigenvalue weighted by Crippen LogP contribution is -2.15. The third-order valence-electron chi connectivity index (χ3n) is 0.820. The standard InChI is InChI=1S/C3H7ClO2.C3H8O3/c1-2(5)3(4)6;4-1-3(6)2-5/h2-3,5-6H,1H3;3-6H,1-2H2. The van der Waals surface area contributed by atoms with Crippen molar-refractivity contribution in [2.24, 2.45) is 0 Å². The van der Waals surface area contributed by atoms with Gasteiger partial charge in [0, 0.05) is 0 Å². The van der Waals surface area contributed by atoms with Crippen molar-refractivity contribution in [1.29, 1.82) is 0 Å². The van der Waals surface area contributed by atoms with Gasteiger partial charge >= 0.3 is 0 Å². The summed E-state index contributed by atoms with van der Waals surface area (Å²) in [5.41, 5.74) is -1.12. The molecule has 0 aromatic heterocycles. The maximum atomic E-state index is 8.25. The number of alkyl halides is 1. The first-order valence-electron chi connectivity index (χ1n) is 3.35. The first-order valence-corrected chi connectivity index (χ1v) is 3.79. The van der Waals surface area contributed by atoms with Gasteiger partial charge in [0.1, 0.15) is 6.10 Å². The molecular formula is C6H15ClO5. The smallest absolute Gasteiger partial charge is 0.153 e. The van der Waals surface area contributed by atoms with E-state index in [2.05, 4.69) is 0 Å². The Bertz CT molecular complexity index is 78.0. The van der Waals surface area contributed by atoms with Gasteiger partial charge in [-0.15, -0.1) is 0 Å². The molecule has 2 atom stereocenters. The SMILES string of the molecule is CC(O)C(O)Cl.OCC(O)CO. The lowest BCUT2D eigenvalue weighted by atomic mass is 10.4. The van der Waals surface area contributed by atoms with Crippen molar-refractivity contribution in [2.45, 2.75) is 24.7 Å². The summed E-state index contributed by atoms with van der Waals surface area (Å²) in [6.45, 7) is 0.685. The normalized spacial score (nSPS) is 15.0. The number of halogens is 1. The van der Waals surface area contributed by atoms with Crippen LogP contribution in [0.3, 0.4) is 0 Å². The Morgan fingerprint density at radius 2 is 1.33 bits per heavy atom. The van der Waals surface area contributed by atoms with Crippen molar-refractivity contribution >= 4 is 11.6 Å². The summed E-state index contributed by atoms with van der Waals surface area (Å²) < 4.78 is 0. The zero-order valence-corrected chi connectivity index (χ0v) is 7.52. The summed E-state index contributed by atoms with van der Waals surface area (Å²) in [6.07, 6.45) is -1.78. The zero-order chi connectivity index (χ0) is 10.1. The number of aliphatic hydroxyl groups excluding tert-OH is 5. The molecule has 0 saturated heterocycles. The second-order valence-corrected chi connectivity index (χ2v) is 2.58. The van der Waals surface area contributed by atoms with Crippen molar-refractivity contribution in [1.82, 2.24) is 0 Å². The summed E-state index contributed by atoms with van der Waals surface area (Å²) >= 11 is 4.92. The van der Waals surface area contributed by atoms with E-state index in [1.807, 2.05) is 0 Å². The van der Waals surface area contributed by atoms with Gasteiger partial charge in [0.15, 0.2) is 5.56 Å². The number of hydrogen-bond donors (Lipinski definition) is 5. The van der Waals surface area contributed by atoms with Gasteiger partial charge < -0.3 is 25.5 Å². The Kier molecular flexibility index (Phi) is 11.2. The van der Waals surface area contributed by atoms with E-state index in [1.165, 1.54) is 6.92 Å². The summed E-state index contributed by atoms with van der Waals surface area (Å²) in [5, 5.41) is 40.4. The molecule has 5 nitrogen and oxygen atoms in total. The molecule has 0 aliphatic heterocycles. The maximum absolute atomic E-state index is 8.25. The molecule has 0 aromatic rings. The van der Waals surface area contributed by atoms with Gasteiger partial charge in [0.05, 0.1) is 19.3 Å². The Balaban J connectivity index is 0. The van der Waals surface area contributed by atoms with Crippen molar-refractivity contribution in [3.05, 3.63) is 0 Å². The van der Waals surface area contributed by atoms with E-state index < -0.39 is 17.8 Å². The van der Waals surface area contributed by atoms with Crippen molar-refractivity contribution < 1.29 is 25.5 Å². The molecule has 0 aromatic carbocycles. The lowest BCUT2D eigenvalue weighted by molar-refractivity contribution is 0.0450. The van der Waals surface area contributed by atoms with E-state index in [4.69, 9.17) is 37.1 Å². The molecule has 0 rings (SSSR count). The Morgan fingerprint density at radius 1 is 1.08 bits per heavy atom. The van der Waals surface area contributed by atoms with Crippen LogP contribution in [-0.2, 0) is 0 Å². The summed E-state index contributed by atoms with van der Waals surface area (Å²) in [4.78, 5) is 0. The number of hydrogen-bond acceptors (Lipinski definition) is 5. The molecule has 0 heterocycles. The van der Waals surface area contributed by atoms with Gasteiger partial charge in [-0.1, -0.05) is 11.6 Å². The first kappa shape index (κ1) is 14.6. The van der Waals surface area contributed by atoms with Crippen LogP contribution in [0.4, 0.5) is 0 Å². The fourth-order valence-electron chi connectivity index (χ4n) is 0.0577. The quantitative estimate of drug-likeness (QED) is 0.350. The molecule has 2 unspecified atom stereocenters. The summed E-state index contributed by atoms with van der Waals surface area (Å²) in [7, 11) is 0. The molecule has 0 aliphatic rings. The van der Waals surface area contributed by atoms with E-state index in [9.17, 15) is 0 Å². The molecule has 0 amide bonds. The minimum atomic E-state index is -1.12. The molecule has 0 spiro atoms. The molecule has 0 aliphatic carbocycles. The topological polar surface area (TPSA) is 101 Å². The second-order valence-electron chi connectivity index (χ2n) is 2.13. The highest BCUT2D eigenvalue weighted by Crippen LogP contribution is 1.94. The van der Waals surface area contributed by atoms with E-state index in [0.29, 0.717) is 0 Å². The zero-order valence-electron chi connectivity index (χ0n) is 6.76. The largest absolute Gasteiger partial charge is 0.394 e. The molecule has 12 heavy (non-hydrogen) atoms. The van der Waals surface area contributed by atoms with Crippen LogP contribution < -0.4 is 0 Å². The monoisotopic (exact) mass is 202 g/mol. The van der Waals surface area contributed by atoms with Crippen molar-refractivity contribution in [2.75, 3.05) is 13.2 Å². The van der Waals surface area contributed by atoms with E-state index in [-0.39, 0.29) is 13.2 Å². The molecule has 76 valence electrons.